The van der Waals surface area contributed by atoms with E-state index in [0.29, 0.717) is 29.5 Å². The second-order valence-electron chi connectivity index (χ2n) is 12.5. The van der Waals surface area contributed by atoms with Crippen molar-refractivity contribution < 1.29 is 61.1 Å². The van der Waals surface area contributed by atoms with Crippen molar-refractivity contribution in [3.05, 3.63) is 70.3 Å². The van der Waals surface area contributed by atoms with E-state index in [1.54, 1.807) is 6.20 Å². The Kier molecular flexibility index (Phi) is 10.6. The van der Waals surface area contributed by atoms with Gasteiger partial charge in [0.25, 0.3) is 0 Å². The number of halogens is 3. The van der Waals surface area contributed by atoms with E-state index in [-0.39, 0.29) is 47.4 Å². The van der Waals surface area contributed by atoms with E-state index in [2.05, 4.69) is 35.2 Å². The van der Waals surface area contributed by atoms with Crippen LogP contribution in [-0.4, -0.2) is 70.9 Å². The van der Waals surface area contributed by atoms with Gasteiger partial charge in [0.1, 0.15) is 0 Å². The number of carbonyl (C=O) groups is 1. The fourth-order valence-corrected chi connectivity index (χ4v) is 12.4. The summed E-state index contributed by atoms with van der Waals surface area (Å²) < 4.78 is 33.1. The Labute approximate surface area is 300 Å². The van der Waals surface area contributed by atoms with Gasteiger partial charge in [-0.25, -0.2) is 0 Å². The molecule has 0 saturated carbocycles. The van der Waals surface area contributed by atoms with Gasteiger partial charge in [0.15, 0.2) is 0 Å². The van der Waals surface area contributed by atoms with E-state index in [9.17, 15) is 9.59 Å². The molecule has 2 N–H and O–H groups in total. The predicted molar refractivity (Wildman–Crippen MR) is 182 cm³/mol. The molecule has 1 fully saturated rings. The van der Waals surface area contributed by atoms with Gasteiger partial charge in [-0.1, -0.05) is 0 Å². The van der Waals surface area contributed by atoms with Gasteiger partial charge in [0.05, 0.1) is 0 Å². The number of rotatable bonds is 15. The molecular formula is C37H41FI2N4O4-2. The molecule has 11 heteroatoms. The van der Waals surface area contributed by atoms with E-state index < -0.39 is 32.5 Å². The maximum atomic E-state index is 16.0. The van der Waals surface area contributed by atoms with Crippen molar-refractivity contribution in [3.63, 3.8) is 0 Å². The fourth-order valence-electron chi connectivity index (χ4n) is 6.79. The summed E-state index contributed by atoms with van der Waals surface area (Å²) in [5, 5.41) is 5.54. The summed E-state index contributed by atoms with van der Waals surface area (Å²) in [5.41, 5.74) is 3.06. The number of aromatic nitrogens is 2. The average molecular weight is 879 g/mol. The Bertz CT molecular complexity index is 2040. The molecule has 0 aliphatic carbocycles. The van der Waals surface area contributed by atoms with Crippen LogP contribution in [0.5, 0.6) is 11.5 Å². The minimum absolute atomic E-state index is 0.0635. The first-order chi connectivity index (χ1) is 23.4. The van der Waals surface area contributed by atoms with Crippen molar-refractivity contribution in [1.29, 1.82) is 0 Å². The van der Waals surface area contributed by atoms with Crippen LogP contribution in [0.15, 0.2) is 53.5 Å². The SMILES string of the molecule is CCCOCC[I-]CCC[I-]C(=O)c1cn2c3c(c(NCCC4CCCN4C)c(F)cc3c1=O)Oc1cc3c(cc1-2)[nH]c1ccccc13. The number of alkyl halides is 3. The number of hydrogen-bond acceptors (Lipinski definition) is 6. The van der Waals surface area contributed by atoms with Gasteiger partial charge in [-0.3, -0.25) is 0 Å². The number of H-pyrrole nitrogens is 1. The summed E-state index contributed by atoms with van der Waals surface area (Å²) in [6.07, 6.45) is 6.89. The van der Waals surface area contributed by atoms with Gasteiger partial charge in [0.2, 0.25) is 0 Å². The Morgan fingerprint density at radius 1 is 1.10 bits per heavy atom. The molecule has 2 aliphatic heterocycles. The first-order valence-electron chi connectivity index (χ1n) is 16.8. The van der Waals surface area contributed by atoms with E-state index in [1.165, 1.54) is 12.5 Å². The van der Waals surface area contributed by atoms with E-state index in [0.717, 1.165) is 80.5 Å². The molecule has 256 valence electrons. The van der Waals surface area contributed by atoms with Crippen molar-refractivity contribution >= 4 is 42.2 Å². The molecule has 3 aromatic carbocycles. The molecule has 1 atom stereocenters. The third-order valence-corrected chi connectivity index (χ3v) is 14.5. The molecule has 0 spiro atoms. The molecule has 2 aromatic heterocycles. The van der Waals surface area contributed by atoms with Crippen LogP contribution < -0.4 is 57.9 Å². The quantitative estimate of drug-likeness (QED) is 0.0692. The van der Waals surface area contributed by atoms with Gasteiger partial charge < -0.3 is 0 Å². The number of pyridine rings is 1. The second-order valence-corrected chi connectivity index (χ2v) is 18.5. The van der Waals surface area contributed by atoms with E-state index in [4.69, 9.17) is 9.47 Å². The first-order valence-corrected chi connectivity index (χ1v) is 22.4. The number of carbonyl (C=O) groups excluding carboxylic acids is 1. The maximum absolute atomic E-state index is 16.0. The number of anilines is 1. The molecular weight excluding hydrogens is 837 g/mol. The van der Waals surface area contributed by atoms with Crippen LogP contribution in [0.25, 0.3) is 38.4 Å². The predicted octanol–water partition coefficient (Wildman–Crippen LogP) is 0.901. The number of para-hydroxylation sites is 1. The summed E-state index contributed by atoms with van der Waals surface area (Å²) in [6.45, 7) is 5.41. The van der Waals surface area contributed by atoms with Crippen molar-refractivity contribution in [2.45, 2.75) is 45.1 Å². The van der Waals surface area contributed by atoms with Gasteiger partial charge in [0, 0.05) is 0 Å². The number of hydrogen-bond donors (Lipinski definition) is 2. The molecule has 2 aliphatic rings. The summed E-state index contributed by atoms with van der Waals surface area (Å²) in [5.74, 6) is 0.284. The first kappa shape index (κ1) is 33.7. The standard InChI is InChI=1S/C37H41FI2N4O4/c1-3-17-47-18-14-39-12-7-13-40-37(46)27-22-44-31-21-30-25(24-9-4-5-10-29(24)42-30)20-32(31)48-36-33(28(38)19-26(34(36)44)35(27)45)41-15-11-23-8-6-16-43(23)2/h4-5,9-10,19-23,41-42H,3,6-8,11-18H2,1-2H3/q-2. The molecule has 48 heavy (non-hydrogen) atoms. The van der Waals surface area contributed by atoms with Crippen LogP contribution in [0.1, 0.15) is 49.4 Å². The zero-order valence-corrected chi connectivity index (χ0v) is 31.7. The third kappa shape index (κ3) is 6.71. The third-order valence-electron chi connectivity index (χ3n) is 9.24. The number of nitrogens with one attached hydrogen (secondary N) is 2. The summed E-state index contributed by atoms with van der Waals surface area (Å²) in [6, 6.07) is 13.8. The number of ether oxygens (including phenoxy) is 2. The van der Waals surface area contributed by atoms with Gasteiger partial charge in [-0.15, -0.1) is 0 Å². The Balaban J connectivity index is 1.23. The number of benzene rings is 3. The van der Waals surface area contributed by atoms with E-state index >= 15 is 4.39 Å². The van der Waals surface area contributed by atoms with Crippen molar-refractivity contribution in [3.8, 4) is 17.2 Å². The molecule has 0 radical (unpaired) electrons. The fraction of sp³-hybridized carbons (Fsp3) is 0.405. The van der Waals surface area contributed by atoms with Crippen LogP contribution in [0.4, 0.5) is 10.1 Å². The average Bonchev–Trinajstić information content (AvgIpc) is 3.67. The van der Waals surface area contributed by atoms with E-state index in [1.807, 2.05) is 34.9 Å². The summed E-state index contributed by atoms with van der Waals surface area (Å²) in [7, 11) is 2.13. The van der Waals surface area contributed by atoms with Crippen molar-refractivity contribution in [1.82, 2.24) is 14.5 Å². The Hall–Kier alpha value is -2.75. The number of nitrogens with zero attached hydrogens (tertiary/aromatic N) is 2. The summed E-state index contributed by atoms with van der Waals surface area (Å²) in [4.78, 5) is 33.4. The molecule has 0 bridgehead atoms. The minimum atomic E-state index is -0.886. The van der Waals surface area contributed by atoms with Crippen LogP contribution in [0.2, 0.25) is 0 Å². The van der Waals surface area contributed by atoms with Crippen molar-refractivity contribution in [2.75, 3.05) is 52.0 Å². The topological polar surface area (TPSA) is 88.6 Å². The summed E-state index contributed by atoms with van der Waals surface area (Å²) >= 11 is -0.822. The van der Waals surface area contributed by atoms with Crippen LogP contribution in [0, 0.1) is 5.82 Å². The Morgan fingerprint density at radius 3 is 2.81 bits per heavy atom. The number of fused-ring (bicyclic) bond motifs is 5. The molecule has 8 nitrogen and oxygen atoms in total. The Morgan fingerprint density at radius 2 is 1.98 bits per heavy atom. The number of aromatic amines is 1. The van der Waals surface area contributed by atoms with Gasteiger partial charge >= 0.3 is 282 Å². The molecule has 7 rings (SSSR count). The van der Waals surface area contributed by atoms with Gasteiger partial charge in [-0.05, 0) is 20.0 Å². The van der Waals surface area contributed by atoms with Crippen molar-refractivity contribution in [2.24, 2.45) is 0 Å². The normalized spacial score (nSPS) is 15.9. The second kappa shape index (κ2) is 15.0. The monoisotopic (exact) mass is 878 g/mol. The van der Waals surface area contributed by atoms with Crippen LogP contribution in [-0.2, 0) is 4.74 Å². The molecule has 5 aromatic rings. The molecule has 4 heterocycles. The van der Waals surface area contributed by atoms with Crippen LogP contribution in [0.3, 0.4) is 0 Å². The van der Waals surface area contributed by atoms with Gasteiger partial charge in [-0.2, -0.15) is 0 Å². The zero-order valence-electron chi connectivity index (χ0n) is 27.3. The number of likely N-dealkylation sites (tertiary alicyclic amines) is 1. The zero-order chi connectivity index (χ0) is 33.2. The molecule has 1 saturated heterocycles. The molecule has 0 amide bonds. The van der Waals surface area contributed by atoms with Crippen LogP contribution >= 0.6 is 0 Å². The molecule has 1 unspecified atom stereocenters.